The van der Waals surface area contributed by atoms with Crippen molar-refractivity contribution in [2.24, 2.45) is 0 Å². The Labute approximate surface area is 137 Å². The zero-order chi connectivity index (χ0) is 16.7. The highest BCUT2D eigenvalue weighted by molar-refractivity contribution is 6.04. The zero-order valence-electron chi connectivity index (χ0n) is 13.8. The van der Waals surface area contributed by atoms with Gasteiger partial charge in [0.25, 0.3) is 5.91 Å². The van der Waals surface area contributed by atoms with Crippen LogP contribution in [0.4, 0.5) is 5.69 Å². The molecule has 0 aliphatic rings. The van der Waals surface area contributed by atoms with Crippen molar-refractivity contribution in [1.82, 2.24) is 0 Å². The van der Waals surface area contributed by atoms with Gasteiger partial charge in [0.05, 0.1) is 12.7 Å². The van der Waals surface area contributed by atoms with Crippen molar-refractivity contribution in [3.05, 3.63) is 54.1 Å². The van der Waals surface area contributed by atoms with E-state index in [9.17, 15) is 4.79 Å². The number of benzene rings is 2. The monoisotopic (exact) mass is 313 g/mol. The minimum Gasteiger partial charge on any atom is -0.494 e. The third-order valence-corrected chi connectivity index (χ3v) is 3.45. The highest BCUT2D eigenvalue weighted by Gasteiger charge is 2.07. The van der Waals surface area contributed by atoms with Gasteiger partial charge in [-0.15, -0.1) is 0 Å². The second-order valence-electron chi connectivity index (χ2n) is 5.27. The topological polar surface area (TPSA) is 47.6 Å². The molecular weight excluding hydrogens is 290 g/mol. The third kappa shape index (κ3) is 5.02. The molecule has 0 aliphatic carbocycles. The molecule has 2 aromatic rings. The van der Waals surface area contributed by atoms with Crippen LogP contribution in [0.25, 0.3) is 0 Å². The van der Waals surface area contributed by atoms with Crippen molar-refractivity contribution >= 4 is 11.6 Å². The van der Waals surface area contributed by atoms with Gasteiger partial charge in [-0.25, -0.2) is 0 Å². The van der Waals surface area contributed by atoms with Crippen LogP contribution in [0.15, 0.2) is 48.5 Å². The predicted octanol–water partition coefficient (Wildman–Crippen LogP) is 4.51. The summed E-state index contributed by atoms with van der Waals surface area (Å²) in [5.74, 6) is 1.42. The van der Waals surface area contributed by atoms with E-state index in [2.05, 4.69) is 12.2 Å². The Morgan fingerprint density at radius 1 is 1.00 bits per heavy atom. The van der Waals surface area contributed by atoms with Gasteiger partial charge in [0.1, 0.15) is 11.5 Å². The van der Waals surface area contributed by atoms with Crippen LogP contribution in [0, 0.1) is 0 Å². The van der Waals surface area contributed by atoms with Gasteiger partial charge in [0, 0.05) is 11.3 Å². The first-order valence-corrected chi connectivity index (χ1v) is 7.93. The molecule has 0 saturated heterocycles. The molecule has 23 heavy (non-hydrogen) atoms. The fourth-order valence-corrected chi connectivity index (χ4v) is 2.00. The number of hydrogen-bond donors (Lipinski definition) is 1. The van der Waals surface area contributed by atoms with E-state index in [0.717, 1.165) is 23.6 Å². The summed E-state index contributed by atoms with van der Waals surface area (Å²) >= 11 is 0. The summed E-state index contributed by atoms with van der Waals surface area (Å²) in [7, 11) is 0. The van der Waals surface area contributed by atoms with E-state index in [-0.39, 0.29) is 12.0 Å². The molecule has 0 spiro atoms. The number of ether oxygens (including phenoxy) is 2. The van der Waals surface area contributed by atoms with E-state index in [1.165, 1.54) is 0 Å². The van der Waals surface area contributed by atoms with E-state index < -0.39 is 0 Å². The molecule has 2 aromatic carbocycles. The van der Waals surface area contributed by atoms with Crippen molar-refractivity contribution in [2.75, 3.05) is 11.9 Å². The molecule has 2 rings (SSSR count). The molecule has 1 amide bonds. The highest BCUT2D eigenvalue weighted by Crippen LogP contribution is 2.18. The van der Waals surface area contributed by atoms with Crippen LogP contribution >= 0.6 is 0 Å². The summed E-state index contributed by atoms with van der Waals surface area (Å²) in [6.45, 7) is 6.65. The first kappa shape index (κ1) is 16.9. The second kappa shape index (κ2) is 8.22. The molecule has 1 N–H and O–H groups in total. The molecule has 0 aliphatic heterocycles. The van der Waals surface area contributed by atoms with Crippen molar-refractivity contribution in [3.63, 3.8) is 0 Å². The highest BCUT2D eigenvalue weighted by atomic mass is 16.5. The van der Waals surface area contributed by atoms with Crippen LogP contribution in [0.3, 0.4) is 0 Å². The largest absolute Gasteiger partial charge is 0.494 e. The van der Waals surface area contributed by atoms with Crippen molar-refractivity contribution in [2.45, 2.75) is 33.3 Å². The molecular formula is C19H23NO3. The zero-order valence-corrected chi connectivity index (χ0v) is 13.8. The number of nitrogens with one attached hydrogen (secondary N) is 1. The van der Waals surface area contributed by atoms with Crippen LogP contribution in [0.1, 0.15) is 37.6 Å². The van der Waals surface area contributed by atoms with E-state index in [1.54, 1.807) is 12.1 Å². The number of carbonyl (C=O) groups excluding carboxylic acids is 1. The SMILES string of the molecule is CCOc1ccc(NC(=O)c2ccc(OC(C)CC)cc2)cc1. The van der Waals surface area contributed by atoms with Gasteiger partial charge >= 0.3 is 0 Å². The molecule has 4 nitrogen and oxygen atoms in total. The maximum atomic E-state index is 12.2. The van der Waals surface area contributed by atoms with Gasteiger partial charge in [-0.1, -0.05) is 6.92 Å². The maximum Gasteiger partial charge on any atom is 0.255 e. The predicted molar refractivity (Wildman–Crippen MR) is 92.4 cm³/mol. The summed E-state index contributed by atoms with van der Waals surface area (Å²) in [4.78, 5) is 12.2. The normalized spacial score (nSPS) is 11.6. The van der Waals surface area contributed by atoms with E-state index in [0.29, 0.717) is 12.2 Å². The molecule has 0 radical (unpaired) electrons. The lowest BCUT2D eigenvalue weighted by Gasteiger charge is -2.12. The first-order valence-electron chi connectivity index (χ1n) is 7.93. The number of carbonyl (C=O) groups is 1. The molecule has 0 aromatic heterocycles. The standard InChI is InChI=1S/C19H23NO3/c1-4-14(3)23-18-10-6-15(7-11-18)19(21)20-16-8-12-17(13-9-16)22-5-2/h6-14H,4-5H2,1-3H3,(H,20,21). The Morgan fingerprint density at radius 3 is 2.17 bits per heavy atom. The van der Waals surface area contributed by atoms with E-state index in [4.69, 9.17) is 9.47 Å². The van der Waals surface area contributed by atoms with Crippen LogP contribution in [0.2, 0.25) is 0 Å². The molecule has 1 atom stereocenters. The van der Waals surface area contributed by atoms with E-state index in [1.807, 2.05) is 50.2 Å². The number of amides is 1. The lowest BCUT2D eigenvalue weighted by molar-refractivity contribution is 0.102. The van der Waals surface area contributed by atoms with Crippen LogP contribution in [-0.4, -0.2) is 18.6 Å². The van der Waals surface area contributed by atoms with Gasteiger partial charge in [-0.2, -0.15) is 0 Å². The fraction of sp³-hybridized carbons (Fsp3) is 0.316. The van der Waals surface area contributed by atoms with Gasteiger partial charge in [0.15, 0.2) is 0 Å². The average Bonchev–Trinajstić information content (AvgIpc) is 2.57. The molecule has 0 fully saturated rings. The number of anilines is 1. The minimum absolute atomic E-state index is 0.149. The molecule has 0 heterocycles. The van der Waals surface area contributed by atoms with Crippen molar-refractivity contribution < 1.29 is 14.3 Å². The number of hydrogen-bond acceptors (Lipinski definition) is 3. The lowest BCUT2D eigenvalue weighted by atomic mass is 10.2. The van der Waals surface area contributed by atoms with Crippen LogP contribution in [-0.2, 0) is 0 Å². The second-order valence-corrected chi connectivity index (χ2v) is 5.27. The Kier molecular flexibility index (Phi) is 6.03. The van der Waals surface area contributed by atoms with Gasteiger partial charge in [-0.3, -0.25) is 4.79 Å². The van der Waals surface area contributed by atoms with Crippen molar-refractivity contribution in [1.29, 1.82) is 0 Å². The molecule has 122 valence electrons. The van der Waals surface area contributed by atoms with Crippen LogP contribution in [0.5, 0.6) is 11.5 Å². The lowest BCUT2D eigenvalue weighted by Crippen LogP contribution is -2.12. The van der Waals surface area contributed by atoms with Gasteiger partial charge in [-0.05, 0) is 68.8 Å². The third-order valence-electron chi connectivity index (χ3n) is 3.45. The van der Waals surface area contributed by atoms with Gasteiger partial charge in [0.2, 0.25) is 0 Å². The quantitative estimate of drug-likeness (QED) is 0.818. The Morgan fingerprint density at radius 2 is 1.61 bits per heavy atom. The Balaban J connectivity index is 1.97. The molecule has 4 heteroatoms. The molecule has 1 unspecified atom stereocenters. The Bertz CT molecular complexity index is 620. The van der Waals surface area contributed by atoms with Crippen LogP contribution < -0.4 is 14.8 Å². The fourth-order valence-electron chi connectivity index (χ4n) is 2.00. The summed E-state index contributed by atoms with van der Waals surface area (Å²) in [5, 5.41) is 2.86. The maximum absolute atomic E-state index is 12.2. The summed E-state index contributed by atoms with van der Waals surface area (Å²) in [6, 6.07) is 14.5. The average molecular weight is 313 g/mol. The first-order chi connectivity index (χ1) is 11.1. The summed E-state index contributed by atoms with van der Waals surface area (Å²) in [5.41, 5.74) is 1.33. The smallest absolute Gasteiger partial charge is 0.255 e. The number of rotatable bonds is 7. The summed E-state index contributed by atoms with van der Waals surface area (Å²) in [6.07, 6.45) is 1.11. The summed E-state index contributed by atoms with van der Waals surface area (Å²) < 4.78 is 11.1. The Hall–Kier alpha value is -2.49. The molecule has 0 bridgehead atoms. The molecule has 0 saturated carbocycles. The van der Waals surface area contributed by atoms with Gasteiger partial charge < -0.3 is 14.8 Å². The van der Waals surface area contributed by atoms with E-state index >= 15 is 0 Å². The van der Waals surface area contributed by atoms with Crippen molar-refractivity contribution in [3.8, 4) is 11.5 Å². The minimum atomic E-state index is -0.149.